The highest BCUT2D eigenvalue weighted by molar-refractivity contribution is 5.67. The highest BCUT2D eigenvalue weighted by atomic mass is 16.6. The van der Waals surface area contributed by atoms with Crippen molar-refractivity contribution >= 4 is 17.9 Å². The van der Waals surface area contributed by atoms with E-state index in [4.69, 9.17) is 14.2 Å². The van der Waals surface area contributed by atoms with E-state index < -0.39 is 30.1 Å². The third kappa shape index (κ3) is 11.4. The maximum absolute atomic E-state index is 10.8. The van der Waals surface area contributed by atoms with Gasteiger partial charge in [0.15, 0.2) is 6.10 Å². The van der Waals surface area contributed by atoms with Crippen LogP contribution in [0.15, 0.2) is 0 Å². The fraction of sp³-hybridized carbons (Fsp3) is 0.750. The smallest absolute Gasteiger partial charge is 0.303 e. The molecule has 0 fully saturated rings. The van der Waals surface area contributed by atoms with Gasteiger partial charge >= 0.3 is 17.9 Å². The van der Waals surface area contributed by atoms with E-state index in [1.807, 2.05) is 0 Å². The first kappa shape index (κ1) is 18.3. The Bertz CT molecular complexity index is 327. The molecule has 0 amide bonds. The van der Waals surface area contributed by atoms with E-state index >= 15 is 0 Å². The van der Waals surface area contributed by atoms with Gasteiger partial charge in [-0.2, -0.15) is 0 Å². The van der Waals surface area contributed by atoms with Crippen LogP contribution in [0.3, 0.4) is 0 Å². The number of hydrogen-bond acceptors (Lipinski definition) is 8. The second-order valence-electron chi connectivity index (χ2n) is 4.03. The molecule has 0 radical (unpaired) electrons. The second kappa shape index (κ2) is 10.2. The van der Waals surface area contributed by atoms with E-state index in [-0.39, 0.29) is 26.4 Å². The zero-order chi connectivity index (χ0) is 15.5. The van der Waals surface area contributed by atoms with Crippen LogP contribution >= 0.6 is 0 Å². The number of esters is 3. The van der Waals surface area contributed by atoms with Gasteiger partial charge in [0.25, 0.3) is 0 Å². The lowest BCUT2D eigenvalue weighted by Crippen LogP contribution is -2.31. The number of carbonyl (C=O) groups excluding carboxylic acids is 3. The Morgan fingerprint density at radius 1 is 0.850 bits per heavy atom. The summed E-state index contributed by atoms with van der Waals surface area (Å²) >= 11 is 0. The van der Waals surface area contributed by atoms with Crippen molar-refractivity contribution in [2.75, 3.05) is 26.4 Å². The SMILES string of the molecule is CC(=O)OCC(O)COCC(COC(C)=O)OC(C)=O. The van der Waals surface area contributed by atoms with Crippen molar-refractivity contribution in [3.63, 3.8) is 0 Å². The molecule has 8 nitrogen and oxygen atoms in total. The molecular formula is C12H20O8. The quantitative estimate of drug-likeness (QED) is 0.444. The molecule has 0 aliphatic carbocycles. The molecule has 0 rings (SSSR count). The van der Waals surface area contributed by atoms with Gasteiger partial charge in [0, 0.05) is 20.8 Å². The van der Waals surface area contributed by atoms with Crippen LogP contribution in [0.5, 0.6) is 0 Å². The van der Waals surface area contributed by atoms with Crippen LogP contribution in [0.1, 0.15) is 20.8 Å². The Morgan fingerprint density at radius 2 is 1.40 bits per heavy atom. The molecule has 0 bridgehead atoms. The summed E-state index contributed by atoms with van der Waals surface area (Å²) in [6.07, 6.45) is -1.73. The van der Waals surface area contributed by atoms with Gasteiger partial charge in [-0.05, 0) is 0 Å². The Kier molecular flexibility index (Phi) is 9.31. The lowest BCUT2D eigenvalue weighted by molar-refractivity contribution is -0.161. The van der Waals surface area contributed by atoms with Crippen molar-refractivity contribution in [2.24, 2.45) is 0 Å². The first-order chi connectivity index (χ1) is 9.31. The maximum Gasteiger partial charge on any atom is 0.303 e. The van der Waals surface area contributed by atoms with Crippen molar-refractivity contribution in [1.82, 2.24) is 0 Å². The van der Waals surface area contributed by atoms with Gasteiger partial charge < -0.3 is 24.1 Å². The number of ether oxygens (including phenoxy) is 4. The van der Waals surface area contributed by atoms with Crippen LogP contribution in [0.4, 0.5) is 0 Å². The molecule has 0 aliphatic rings. The molecule has 0 aliphatic heterocycles. The molecule has 116 valence electrons. The highest BCUT2D eigenvalue weighted by Crippen LogP contribution is 1.98. The molecule has 2 unspecified atom stereocenters. The van der Waals surface area contributed by atoms with Gasteiger partial charge in [0.1, 0.15) is 19.3 Å². The van der Waals surface area contributed by atoms with E-state index in [2.05, 4.69) is 4.74 Å². The van der Waals surface area contributed by atoms with Gasteiger partial charge in [-0.25, -0.2) is 0 Å². The number of aliphatic hydroxyl groups excluding tert-OH is 1. The molecule has 8 heteroatoms. The lowest BCUT2D eigenvalue weighted by Gasteiger charge is -2.18. The van der Waals surface area contributed by atoms with Crippen LogP contribution in [0.2, 0.25) is 0 Å². The molecule has 20 heavy (non-hydrogen) atoms. The van der Waals surface area contributed by atoms with Crippen molar-refractivity contribution < 1.29 is 38.4 Å². The van der Waals surface area contributed by atoms with Crippen LogP contribution in [-0.2, 0) is 33.3 Å². The minimum absolute atomic E-state index is 0.0516. The predicted octanol–water partition coefficient (Wildman–Crippen LogP) is -0.578. The third-order valence-corrected chi connectivity index (χ3v) is 1.90. The minimum atomic E-state index is -0.981. The fourth-order valence-electron chi connectivity index (χ4n) is 1.16. The zero-order valence-electron chi connectivity index (χ0n) is 11.8. The molecule has 0 spiro atoms. The largest absolute Gasteiger partial charge is 0.463 e. The molecule has 1 N–H and O–H groups in total. The van der Waals surface area contributed by atoms with Crippen LogP contribution in [0, 0.1) is 0 Å². The topological polar surface area (TPSA) is 108 Å². The Balaban J connectivity index is 3.95. The first-order valence-electron chi connectivity index (χ1n) is 6.01. The summed E-state index contributed by atoms with van der Waals surface area (Å²) in [7, 11) is 0. The summed E-state index contributed by atoms with van der Waals surface area (Å²) in [4.78, 5) is 32.0. The molecule has 0 saturated carbocycles. The van der Waals surface area contributed by atoms with Crippen molar-refractivity contribution in [3.05, 3.63) is 0 Å². The zero-order valence-corrected chi connectivity index (χ0v) is 11.8. The minimum Gasteiger partial charge on any atom is -0.463 e. The van der Waals surface area contributed by atoms with Gasteiger partial charge in [0.05, 0.1) is 13.2 Å². The van der Waals surface area contributed by atoms with Gasteiger partial charge in [0.2, 0.25) is 0 Å². The summed E-state index contributed by atoms with van der Waals surface area (Å²) in [6.45, 7) is 3.20. The second-order valence-corrected chi connectivity index (χ2v) is 4.03. The fourth-order valence-corrected chi connectivity index (χ4v) is 1.16. The van der Waals surface area contributed by atoms with E-state index in [9.17, 15) is 19.5 Å². The number of aliphatic hydroxyl groups is 1. The average molecular weight is 292 g/mol. The normalized spacial score (nSPS) is 13.2. The molecule has 2 atom stereocenters. The number of hydrogen-bond donors (Lipinski definition) is 1. The summed E-state index contributed by atoms with van der Waals surface area (Å²) in [5.74, 6) is -1.54. The molecule has 0 aromatic rings. The van der Waals surface area contributed by atoms with Crippen LogP contribution in [0.25, 0.3) is 0 Å². The van der Waals surface area contributed by atoms with Crippen LogP contribution < -0.4 is 0 Å². The van der Waals surface area contributed by atoms with Crippen molar-refractivity contribution in [3.8, 4) is 0 Å². The molecule has 0 aromatic heterocycles. The van der Waals surface area contributed by atoms with Gasteiger partial charge in [-0.15, -0.1) is 0 Å². The molecular weight excluding hydrogens is 272 g/mol. The molecule has 0 aromatic carbocycles. The standard InChI is InChI=1S/C12H20O8/c1-8(13)18-5-11(16)4-17-6-12(20-10(3)15)7-19-9(2)14/h11-12,16H,4-7H2,1-3H3. The first-order valence-corrected chi connectivity index (χ1v) is 6.01. The van der Waals surface area contributed by atoms with E-state index in [0.29, 0.717) is 0 Å². The van der Waals surface area contributed by atoms with Crippen LogP contribution in [-0.4, -0.2) is 61.6 Å². The Labute approximate surface area is 116 Å². The lowest BCUT2D eigenvalue weighted by atomic mass is 10.4. The predicted molar refractivity (Wildman–Crippen MR) is 65.6 cm³/mol. The Morgan fingerprint density at radius 3 is 1.90 bits per heavy atom. The summed E-state index contributed by atoms with van der Waals surface area (Å²) in [6, 6.07) is 0. The summed E-state index contributed by atoms with van der Waals surface area (Å²) in [5.41, 5.74) is 0. The highest BCUT2D eigenvalue weighted by Gasteiger charge is 2.15. The third-order valence-electron chi connectivity index (χ3n) is 1.90. The number of carbonyl (C=O) groups is 3. The summed E-state index contributed by atoms with van der Waals surface area (Å²) in [5, 5.41) is 9.42. The van der Waals surface area contributed by atoms with E-state index in [1.165, 1.54) is 20.8 Å². The van der Waals surface area contributed by atoms with Gasteiger partial charge in [-0.3, -0.25) is 14.4 Å². The number of rotatable bonds is 9. The van der Waals surface area contributed by atoms with Gasteiger partial charge in [-0.1, -0.05) is 0 Å². The molecule has 0 saturated heterocycles. The van der Waals surface area contributed by atoms with E-state index in [0.717, 1.165) is 0 Å². The van der Waals surface area contributed by atoms with E-state index in [1.54, 1.807) is 0 Å². The summed E-state index contributed by atoms with van der Waals surface area (Å²) < 4.78 is 19.3. The average Bonchev–Trinajstić information content (AvgIpc) is 2.32. The molecule has 0 heterocycles. The van der Waals surface area contributed by atoms with Crippen molar-refractivity contribution in [2.45, 2.75) is 33.0 Å². The Hall–Kier alpha value is -1.67. The van der Waals surface area contributed by atoms with Crippen molar-refractivity contribution in [1.29, 1.82) is 0 Å². The maximum atomic E-state index is 10.8. The monoisotopic (exact) mass is 292 g/mol.